The Bertz CT molecular complexity index is 162. The zero-order chi connectivity index (χ0) is 11.5. The molecular weight excluding hydrogens is 194 g/mol. The molecule has 0 aliphatic carbocycles. The second-order valence-electron chi connectivity index (χ2n) is 3.72. The van der Waals surface area contributed by atoms with Gasteiger partial charge in [-0.2, -0.15) is 0 Å². The fourth-order valence-corrected chi connectivity index (χ4v) is 1.24. The number of hydrogen-bond acceptors (Lipinski definition) is 4. The lowest BCUT2D eigenvalue weighted by Gasteiger charge is -2.08. The first kappa shape index (κ1) is 14.4. The van der Waals surface area contributed by atoms with Crippen molar-refractivity contribution in [2.75, 3.05) is 13.2 Å². The van der Waals surface area contributed by atoms with Gasteiger partial charge in [0.2, 0.25) is 0 Å². The summed E-state index contributed by atoms with van der Waals surface area (Å²) in [7, 11) is 0. The Morgan fingerprint density at radius 2 is 1.87 bits per heavy atom. The smallest absolute Gasteiger partial charge is 0.325 e. The summed E-state index contributed by atoms with van der Waals surface area (Å²) >= 11 is 0. The topological polar surface area (TPSA) is 72.5 Å². The van der Waals surface area contributed by atoms with Gasteiger partial charge in [0.15, 0.2) is 0 Å². The fraction of sp³-hybridized carbons (Fsp3) is 0.909. The van der Waals surface area contributed by atoms with Gasteiger partial charge in [0.25, 0.3) is 0 Å². The van der Waals surface area contributed by atoms with E-state index in [1.807, 2.05) is 0 Å². The molecule has 4 heteroatoms. The van der Waals surface area contributed by atoms with E-state index in [9.17, 15) is 4.79 Å². The van der Waals surface area contributed by atoms with Crippen LogP contribution in [0.25, 0.3) is 0 Å². The van der Waals surface area contributed by atoms with E-state index in [4.69, 9.17) is 15.6 Å². The molecule has 0 aromatic heterocycles. The lowest BCUT2D eigenvalue weighted by Crippen LogP contribution is -2.35. The van der Waals surface area contributed by atoms with Gasteiger partial charge in [-0.25, -0.2) is 0 Å². The SMILES string of the molecule is CCCCCCCCOC(=O)[C@@H](N)CO. The molecule has 4 nitrogen and oxygen atoms in total. The molecule has 0 saturated carbocycles. The minimum atomic E-state index is -0.884. The zero-order valence-electron chi connectivity index (χ0n) is 9.58. The summed E-state index contributed by atoms with van der Waals surface area (Å²) in [6.07, 6.45) is 6.92. The Kier molecular flexibility index (Phi) is 9.52. The summed E-state index contributed by atoms with van der Waals surface area (Å²) in [5.74, 6) is -0.508. The van der Waals surface area contributed by atoms with Crippen molar-refractivity contribution in [3.8, 4) is 0 Å². The van der Waals surface area contributed by atoms with E-state index < -0.39 is 12.0 Å². The van der Waals surface area contributed by atoms with Gasteiger partial charge >= 0.3 is 5.97 Å². The summed E-state index contributed by atoms with van der Waals surface area (Å²) in [5, 5.41) is 8.58. The first-order chi connectivity index (χ1) is 7.22. The van der Waals surface area contributed by atoms with Crippen LogP contribution < -0.4 is 5.73 Å². The van der Waals surface area contributed by atoms with Crippen molar-refractivity contribution in [2.24, 2.45) is 5.73 Å². The van der Waals surface area contributed by atoms with Crippen LogP contribution in [0.2, 0.25) is 0 Å². The number of carbonyl (C=O) groups is 1. The monoisotopic (exact) mass is 217 g/mol. The van der Waals surface area contributed by atoms with Crippen LogP contribution in [-0.4, -0.2) is 30.3 Å². The molecule has 15 heavy (non-hydrogen) atoms. The van der Waals surface area contributed by atoms with Gasteiger partial charge < -0.3 is 15.6 Å². The standard InChI is InChI=1S/C11H23NO3/c1-2-3-4-5-6-7-8-15-11(14)10(12)9-13/h10,13H,2-9,12H2,1H3/t10-/m0/s1. The minimum absolute atomic E-state index is 0.352. The summed E-state index contributed by atoms with van der Waals surface area (Å²) in [6, 6.07) is -0.884. The van der Waals surface area contributed by atoms with Crippen LogP contribution in [0.15, 0.2) is 0 Å². The molecule has 0 saturated heterocycles. The highest BCUT2D eigenvalue weighted by molar-refractivity contribution is 5.75. The molecule has 0 spiro atoms. The largest absolute Gasteiger partial charge is 0.464 e. The number of carbonyl (C=O) groups excluding carboxylic acids is 1. The molecule has 0 bridgehead atoms. The molecule has 90 valence electrons. The van der Waals surface area contributed by atoms with E-state index in [2.05, 4.69) is 6.92 Å². The Balaban J connectivity index is 3.20. The third kappa shape index (κ3) is 8.39. The van der Waals surface area contributed by atoms with Gasteiger partial charge in [-0.1, -0.05) is 39.0 Å². The molecule has 0 radical (unpaired) electrons. The van der Waals surface area contributed by atoms with Crippen LogP contribution in [-0.2, 0) is 9.53 Å². The van der Waals surface area contributed by atoms with Crippen LogP contribution in [0.1, 0.15) is 45.4 Å². The van der Waals surface area contributed by atoms with Crippen molar-refractivity contribution in [3.63, 3.8) is 0 Å². The van der Waals surface area contributed by atoms with E-state index in [0.29, 0.717) is 6.61 Å². The quantitative estimate of drug-likeness (QED) is 0.450. The second kappa shape index (κ2) is 9.93. The molecule has 0 fully saturated rings. The number of aliphatic hydroxyl groups excluding tert-OH is 1. The number of esters is 1. The second-order valence-corrected chi connectivity index (χ2v) is 3.72. The number of nitrogens with two attached hydrogens (primary N) is 1. The van der Waals surface area contributed by atoms with Crippen LogP contribution in [0.3, 0.4) is 0 Å². The predicted molar refractivity (Wildman–Crippen MR) is 59.4 cm³/mol. The molecule has 0 rings (SSSR count). The predicted octanol–water partition coefficient (Wildman–Crippen LogP) is 1.21. The van der Waals surface area contributed by atoms with Gasteiger partial charge in [-0.05, 0) is 6.42 Å². The molecule has 1 atom stereocenters. The molecule has 0 aromatic carbocycles. The number of aliphatic hydroxyl groups is 1. The number of rotatable bonds is 9. The summed E-state index contributed by atoms with van der Waals surface area (Å²) in [5.41, 5.74) is 5.27. The Labute approximate surface area is 91.8 Å². The Morgan fingerprint density at radius 3 is 2.47 bits per heavy atom. The van der Waals surface area contributed by atoms with E-state index in [0.717, 1.165) is 12.8 Å². The average molecular weight is 217 g/mol. The highest BCUT2D eigenvalue weighted by Crippen LogP contribution is 2.04. The Hall–Kier alpha value is -0.610. The number of unbranched alkanes of at least 4 members (excludes halogenated alkanes) is 5. The highest BCUT2D eigenvalue weighted by atomic mass is 16.5. The van der Waals surface area contributed by atoms with Crippen molar-refractivity contribution < 1.29 is 14.6 Å². The van der Waals surface area contributed by atoms with Crippen molar-refractivity contribution in [1.82, 2.24) is 0 Å². The van der Waals surface area contributed by atoms with Gasteiger partial charge in [0.05, 0.1) is 13.2 Å². The third-order valence-electron chi connectivity index (χ3n) is 2.24. The molecular formula is C11H23NO3. The van der Waals surface area contributed by atoms with Crippen LogP contribution in [0.4, 0.5) is 0 Å². The molecule has 0 aliphatic heterocycles. The van der Waals surface area contributed by atoms with Crippen molar-refractivity contribution >= 4 is 5.97 Å². The zero-order valence-corrected chi connectivity index (χ0v) is 9.58. The first-order valence-electron chi connectivity index (χ1n) is 5.75. The van der Waals surface area contributed by atoms with E-state index in [1.165, 1.54) is 25.7 Å². The average Bonchev–Trinajstić information content (AvgIpc) is 2.26. The van der Waals surface area contributed by atoms with Gasteiger partial charge in [-0.3, -0.25) is 4.79 Å². The van der Waals surface area contributed by atoms with Crippen LogP contribution in [0.5, 0.6) is 0 Å². The maximum atomic E-state index is 11.0. The van der Waals surface area contributed by atoms with E-state index in [1.54, 1.807) is 0 Å². The Morgan fingerprint density at radius 1 is 1.27 bits per heavy atom. The maximum absolute atomic E-state index is 11.0. The molecule has 3 N–H and O–H groups in total. The molecule has 0 unspecified atom stereocenters. The lowest BCUT2D eigenvalue weighted by atomic mass is 10.1. The maximum Gasteiger partial charge on any atom is 0.325 e. The molecule has 0 heterocycles. The first-order valence-corrected chi connectivity index (χ1v) is 5.75. The van der Waals surface area contributed by atoms with Gasteiger partial charge in [0, 0.05) is 0 Å². The fourth-order valence-electron chi connectivity index (χ4n) is 1.24. The highest BCUT2D eigenvalue weighted by Gasteiger charge is 2.12. The normalized spacial score (nSPS) is 12.5. The minimum Gasteiger partial charge on any atom is -0.464 e. The van der Waals surface area contributed by atoms with Crippen LogP contribution >= 0.6 is 0 Å². The van der Waals surface area contributed by atoms with Gasteiger partial charge in [-0.15, -0.1) is 0 Å². The van der Waals surface area contributed by atoms with E-state index >= 15 is 0 Å². The lowest BCUT2D eigenvalue weighted by molar-refractivity contribution is -0.146. The van der Waals surface area contributed by atoms with Crippen molar-refractivity contribution in [3.05, 3.63) is 0 Å². The summed E-state index contributed by atoms with van der Waals surface area (Å²) in [6.45, 7) is 2.24. The molecule has 0 aliphatic rings. The van der Waals surface area contributed by atoms with Crippen LogP contribution in [0, 0.1) is 0 Å². The third-order valence-corrected chi connectivity index (χ3v) is 2.24. The molecule has 0 aromatic rings. The number of hydrogen-bond donors (Lipinski definition) is 2. The summed E-state index contributed by atoms with van der Waals surface area (Å²) in [4.78, 5) is 11.0. The number of ether oxygens (including phenoxy) is 1. The summed E-state index contributed by atoms with van der Waals surface area (Å²) < 4.78 is 4.88. The van der Waals surface area contributed by atoms with E-state index in [-0.39, 0.29) is 6.61 Å². The molecule has 0 amide bonds. The van der Waals surface area contributed by atoms with Gasteiger partial charge in [0.1, 0.15) is 6.04 Å². The van der Waals surface area contributed by atoms with Crippen molar-refractivity contribution in [1.29, 1.82) is 0 Å². The van der Waals surface area contributed by atoms with Crippen molar-refractivity contribution in [2.45, 2.75) is 51.5 Å².